The van der Waals surface area contributed by atoms with Gasteiger partial charge in [-0.25, -0.2) is 0 Å². The molecule has 0 aliphatic rings. The predicted octanol–water partition coefficient (Wildman–Crippen LogP) is -0.699. The standard InChI is InChI=1S/C7H14N2O2/c1-3-9-7(11)5-8-4-6(2)10/h8H,3-5H2,1-2H3,(H,9,11). The van der Waals surface area contributed by atoms with Gasteiger partial charge in [0.15, 0.2) is 0 Å². The maximum Gasteiger partial charge on any atom is 0.233 e. The van der Waals surface area contributed by atoms with E-state index in [0.717, 1.165) is 0 Å². The smallest absolute Gasteiger partial charge is 0.233 e. The third kappa shape index (κ3) is 6.99. The molecule has 0 aromatic rings. The van der Waals surface area contributed by atoms with Crippen LogP contribution in [0, 0.1) is 0 Å². The molecule has 4 nitrogen and oxygen atoms in total. The number of ketones is 1. The lowest BCUT2D eigenvalue weighted by molar-refractivity contribution is -0.120. The van der Waals surface area contributed by atoms with Gasteiger partial charge in [-0.3, -0.25) is 9.59 Å². The van der Waals surface area contributed by atoms with Crippen LogP contribution in [0.1, 0.15) is 13.8 Å². The molecule has 0 bridgehead atoms. The summed E-state index contributed by atoms with van der Waals surface area (Å²) < 4.78 is 0. The number of nitrogens with one attached hydrogen (secondary N) is 2. The second-order valence-corrected chi connectivity index (χ2v) is 2.26. The van der Waals surface area contributed by atoms with Gasteiger partial charge in [0.1, 0.15) is 5.78 Å². The van der Waals surface area contributed by atoms with Gasteiger partial charge in [0.05, 0.1) is 13.1 Å². The average molecular weight is 158 g/mol. The third-order valence-electron chi connectivity index (χ3n) is 1.03. The van der Waals surface area contributed by atoms with Crippen molar-refractivity contribution in [1.29, 1.82) is 0 Å². The lowest BCUT2D eigenvalue weighted by Crippen LogP contribution is -2.35. The number of carbonyl (C=O) groups excluding carboxylic acids is 2. The highest BCUT2D eigenvalue weighted by Gasteiger charge is 1.97. The lowest BCUT2D eigenvalue weighted by atomic mass is 10.4. The molecular weight excluding hydrogens is 144 g/mol. The average Bonchev–Trinajstić information content (AvgIpc) is 1.87. The van der Waals surface area contributed by atoms with Crippen LogP contribution >= 0.6 is 0 Å². The fourth-order valence-electron chi connectivity index (χ4n) is 0.612. The van der Waals surface area contributed by atoms with Gasteiger partial charge in [0, 0.05) is 6.54 Å². The van der Waals surface area contributed by atoms with E-state index in [9.17, 15) is 9.59 Å². The lowest BCUT2D eigenvalue weighted by Gasteiger charge is -2.01. The Morgan fingerprint density at radius 2 is 1.91 bits per heavy atom. The van der Waals surface area contributed by atoms with Crippen LogP contribution in [0.15, 0.2) is 0 Å². The third-order valence-corrected chi connectivity index (χ3v) is 1.03. The molecule has 11 heavy (non-hydrogen) atoms. The maximum atomic E-state index is 10.7. The molecule has 0 aromatic heterocycles. The van der Waals surface area contributed by atoms with Crippen LogP contribution in [0.25, 0.3) is 0 Å². The monoisotopic (exact) mass is 158 g/mol. The molecule has 0 heterocycles. The molecule has 0 aliphatic carbocycles. The van der Waals surface area contributed by atoms with Gasteiger partial charge in [-0.05, 0) is 13.8 Å². The minimum absolute atomic E-state index is 0.0364. The van der Waals surface area contributed by atoms with E-state index in [0.29, 0.717) is 6.54 Å². The predicted molar refractivity (Wildman–Crippen MR) is 42.2 cm³/mol. The Hall–Kier alpha value is -0.900. The highest BCUT2D eigenvalue weighted by Crippen LogP contribution is 1.66. The van der Waals surface area contributed by atoms with Crippen molar-refractivity contribution >= 4 is 11.7 Å². The van der Waals surface area contributed by atoms with Crippen LogP contribution in [-0.4, -0.2) is 31.3 Å². The second-order valence-electron chi connectivity index (χ2n) is 2.26. The minimum Gasteiger partial charge on any atom is -0.355 e. The van der Waals surface area contributed by atoms with Gasteiger partial charge < -0.3 is 10.6 Å². The normalized spacial score (nSPS) is 9.27. The molecule has 0 atom stereocenters. The molecule has 1 amide bonds. The fraction of sp³-hybridized carbons (Fsp3) is 0.714. The zero-order chi connectivity index (χ0) is 8.69. The van der Waals surface area contributed by atoms with Crippen molar-refractivity contribution < 1.29 is 9.59 Å². The Morgan fingerprint density at radius 3 is 2.36 bits per heavy atom. The van der Waals surface area contributed by atoms with Gasteiger partial charge in [-0.2, -0.15) is 0 Å². The first-order valence-electron chi connectivity index (χ1n) is 3.63. The zero-order valence-corrected chi connectivity index (χ0v) is 6.94. The van der Waals surface area contributed by atoms with E-state index in [1.807, 2.05) is 6.92 Å². The minimum atomic E-state index is -0.0752. The maximum absolute atomic E-state index is 10.7. The molecule has 0 rings (SSSR count). The summed E-state index contributed by atoms with van der Waals surface area (Å²) in [4.78, 5) is 21.1. The summed E-state index contributed by atoms with van der Waals surface area (Å²) in [5, 5.41) is 5.31. The number of Topliss-reactive ketones (excluding diaryl/α,β-unsaturated/α-hetero) is 1. The van der Waals surface area contributed by atoms with Crippen molar-refractivity contribution in [2.75, 3.05) is 19.6 Å². The van der Waals surface area contributed by atoms with Gasteiger partial charge >= 0.3 is 0 Å². The van der Waals surface area contributed by atoms with E-state index in [2.05, 4.69) is 10.6 Å². The van der Waals surface area contributed by atoms with Crippen LogP contribution in [0.5, 0.6) is 0 Å². The molecule has 0 saturated carbocycles. The molecule has 4 heteroatoms. The van der Waals surface area contributed by atoms with Crippen molar-refractivity contribution in [3.8, 4) is 0 Å². The SMILES string of the molecule is CCNC(=O)CNCC(C)=O. The summed E-state index contributed by atoms with van der Waals surface area (Å²) in [6.45, 7) is 4.43. The number of carbonyl (C=O) groups is 2. The first-order valence-corrected chi connectivity index (χ1v) is 3.63. The molecule has 0 spiro atoms. The van der Waals surface area contributed by atoms with Crippen LogP contribution < -0.4 is 10.6 Å². The Bertz CT molecular complexity index is 145. The van der Waals surface area contributed by atoms with Gasteiger partial charge in [-0.1, -0.05) is 0 Å². The Balaban J connectivity index is 3.24. The Labute approximate surface area is 66.4 Å². The van der Waals surface area contributed by atoms with Crippen molar-refractivity contribution in [3.05, 3.63) is 0 Å². The van der Waals surface area contributed by atoms with Gasteiger partial charge in [0.2, 0.25) is 5.91 Å². The first kappa shape index (κ1) is 10.1. The zero-order valence-electron chi connectivity index (χ0n) is 6.94. The first-order chi connectivity index (χ1) is 5.16. The molecule has 2 N–H and O–H groups in total. The van der Waals surface area contributed by atoms with E-state index >= 15 is 0 Å². The summed E-state index contributed by atoms with van der Waals surface area (Å²) in [5.41, 5.74) is 0. The summed E-state index contributed by atoms with van der Waals surface area (Å²) in [7, 11) is 0. The molecule has 64 valence electrons. The van der Waals surface area contributed by atoms with E-state index in [1.165, 1.54) is 6.92 Å². The molecular formula is C7H14N2O2. The molecule has 0 unspecified atom stereocenters. The number of likely N-dealkylation sites (N-methyl/N-ethyl adjacent to an activating group) is 1. The largest absolute Gasteiger partial charge is 0.355 e. The molecule has 0 radical (unpaired) electrons. The topological polar surface area (TPSA) is 58.2 Å². The van der Waals surface area contributed by atoms with Crippen molar-refractivity contribution in [2.45, 2.75) is 13.8 Å². The highest BCUT2D eigenvalue weighted by atomic mass is 16.2. The number of hydrogen-bond donors (Lipinski definition) is 2. The quantitative estimate of drug-likeness (QED) is 0.556. The molecule has 0 saturated heterocycles. The van der Waals surface area contributed by atoms with Gasteiger partial charge in [0.25, 0.3) is 0 Å². The van der Waals surface area contributed by atoms with Crippen LogP contribution in [0.3, 0.4) is 0 Å². The number of amides is 1. The number of rotatable bonds is 5. The van der Waals surface area contributed by atoms with Crippen molar-refractivity contribution in [2.24, 2.45) is 0 Å². The summed E-state index contributed by atoms with van der Waals surface area (Å²) >= 11 is 0. The highest BCUT2D eigenvalue weighted by molar-refractivity contribution is 5.80. The van der Waals surface area contributed by atoms with Gasteiger partial charge in [-0.15, -0.1) is 0 Å². The van der Waals surface area contributed by atoms with Crippen LogP contribution in [0.2, 0.25) is 0 Å². The summed E-state index contributed by atoms with van der Waals surface area (Å²) in [6, 6.07) is 0. The molecule has 0 aliphatic heterocycles. The Morgan fingerprint density at radius 1 is 1.27 bits per heavy atom. The van der Waals surface area contributed by atoms with E-state index in [1.54, 1.807) is 0 Å². The Kier molecular flexibility index (Phi) is 5.37. The van der Waals surface area contributed by atoms with E-state index in [-0.39, 0.29) is 24.8 Å². The van der Waals surface area contributed by atoms with E-state index < -0.39 is 0 Å². The fourth-order valence-corrected chi connectivity index (χ4v) is 0.612. The molecule has 0 aromatic carbocycles. The summed E-state index contributed by atoms with van der Waals surface area (Å²) in [5.74, 6) is -0.0388. The number of hydrogen-bond acceptors (Lipinski definition) is 3. The van der Waals surface area contributed by atoms with Crippen molar-refractivity contribution in [3.63, 3.8) is 0 Å². The molecule has 0 fully saturated rings. The second kappa shape index (κ2) is 5.85. The van der Waals surface area contributed by atoms with Crippen molar-refractivity contribution in [1.82, 2.24) is 10.6 Å². The summed E-state index contributed by atoms with van der Waals surface area (Å²) in [6.07, 6.45) is 0. The van der Waals surface area contributed by atoms with Crippen LogP contribution in [-0.2, 0) is 9.59 Å². The van der Waals surface area contributed by atoms with E-state index in [4.69, 9.17) is 0 Å². The van der Waals surface area contributed by atoms with Crippen LogP contribution in [0.4, 0.5) is 0 Å².